The maximum atomic E-state index is 13.3. The highest BCUT2D eigenvalue weighted by Crippen LogP contribution is 2.54. The van der Waals surface area contributed by atoms with Gasteiger partial charge in [0.2, 0.25) is 5.91 Å². The van der Waals surface area contributed by atoms with E-state index in [9.17, 15) is 4.79 Å². The standard InChI is InChI=1S/C21H20BrN3O/c1-25-14-12-23-19-16(15(18(22)24-19)13-8-4-2-5-9-13)17(14)21(20(25)26)10-6-3-7-11-21/h2,4-5,8-9,12H,3,6-7,10-11H2,1H3,(H,23,24). The minimum Gasteiger partial charge on any atom is -0.333 e. The van der Waals surface area contributed by atoms with Crippen molar-refractivity contribution >= 4 is 38.6 Å². The fourth-order valence-electron chi connectivity index (χ4n) is 4.89. The fraction of sp³-hybridized carbons (Fsp3) is 0.333. The number of likely N-dealkylation sites (N-methyl/N-ethyl adjacent to an activating group) is 1. The number of carbonyl (C=O) groups excluding carboxylic acids is 1. The maximum Gasteiger partial charge on any atom is 0.237 e. The molecule has 1 spiro atoms. The second-order valence-corrected chi connectivity index (χ2v) is 8.22. The number of benzene rings is 1. The van der Waals surface area contributed by atoms with Crippen LogP contribution in [0.15, 0.2) is 41.1 Å². The van der Waals surface area contributed by atoms with Crippen molar-refractivity contribution in [2.75, 3.05) is 11.9 Å². The van der Waals surface area contributed by atoms with Crippen molar-refractivity contribution in [1.29, 1.82) is 0 Å². The molecular formula is C21H20BrN3O. The van der Waals surface area contributed by atoms with Crippen molar-refractivity contribution in [2.45, 2.75) is 37.5 Å². The van der Waals surface area contributed by atoms with Crippen molar-refractivity contribution < 1.29 is 4.79 Å². The van der Waals surface area contributed by atoms with Gasteiger partial charge in [-0.3, -0.25) is 4.79 Å². The first-order chi connectivity index (χ1) is 12.6. The van der Waals surface area contributed by atoms with Gasteiger partial charge in [0, 0.05) is 23.6 Å². The zero-order valence-electron chi connectivity index (χ0n) is 14.7. The zero-order valence-corrected chi connectivity index (χ0v) is 16.3. The molecule has 26 heavy (non-hydrogen) atoms. The van der Waals surface area contributed by atoms with Crippen molar-refractivity contribution in [3.8, 4) is 11.1 Å². The lowest BCUT2D eigenvalue weighted by Gasteiger charge is -2.32. The van der Waals surface area contributed by atoms with Crippen LogP contribution in [0.3, 0.4) is 0 Å². The molecule has 0 atom stereocenters. The van der Waals surface area contributed by atoms with Gasteiger partial charge >= 0.3 is 0 Å². The molecule has 5 rings (SSSR count). The van der Waals surface area contributed by atoms with E-state index in [1.165, 1.54) is 12.0 Å². The Hall–Kier alpha value is -2.14. The first-order valence-electron chi connectivity index (χ1n) is 9.18. The number of fused-ring (bicyclic) bond motifs is 4. The third-order valence-corrected chi connectivity index (χ3v) is 6.67. The normalized spacial score (nSPS) is 18.7. The molecule has 1 saturated carbocycles. The molecule has 1 aromatic carbocycles. The predicted octanol–water partition coefficient (Wildman–Crippen LogP) is 5.17. The van der Waals surface area contributed by atoms with Gasteiger partial charge in [0.25, 0.3) is 0 Å². The zero-order chi connectivity index (χ0) is 17.9. The lowest BCUT2D eigenvalue weighted by molar-refractivity contribution is -0.124. The van der Waals surface area contributed by atoms with E-state index in [0.717, 1.165) is 58.1 Å². The molecule has 5 heteroatoms. The van der Waals surface area contributed by atoms with E-state index in [0.29, 0.717) is 0 Å². The molecule has 0 bridgehead atoms. The highest BCUT2D eigenvalue weighted by atomic mass is 79.9. The Kier molecular flexibility index (Phi) is 3.51. The number of aromatic nitrogens is 2. The van der Waals surface area contributed by atoms with Crippen LogP contribution < -0.4 is 4.90 Å². The predicted molar refractivity (Wildman–Crippen MR) is 107 cm³/mol. The van der Waals surface area contributed by atoms with Crippen molar-refractivity contribution in [3.63, 3.8) is 0 Å². The molecule has 0 saturated heterocycles. The van der Waals surface area contributed by atoms with Crippen LogP contribution in [-0.2, 0) is 10.2 Å². The third-order valence-electron chi connectivity index (χ3n) is 6.08. The van der Waals surface area contributed by atoms with Gasteiger partial charge in [-0.15, -0.1) is 0 Å². The van der Waals surface area contributed by atoms with Crippen molar-refractivity contribution in [1.82, 2.24) is 9.97 Å². The van der Waals surface area contributed by atoms with Gasteiger partial charge < -0.3 is 9.88 Å². The van der Waals surface area contributed by atoms with Gasteiger partial charge in [-0.1, -0.05) is 49.6 Å². The summed E-state index contributed by atoms with van der Waals surface area (Å²) in [5.41, 5.74) is 4.84. The summed E-state index contributed by atoms with van der Waals surface area (Å²) in [6.07, 6.45) is 7.14. The topological polar surface area (TPSA) is 49.0 Å². The van der Waals surface area contributed by atoms with Gasteiger partial charge in [-0.05, 0) is 34.3 Å². The minimum atomic E-state index is -0.394. The lowest BCUT2D eigenvalue weighted by atomic mass is 9.69. The molecule has 1 aliphatic heterocycles. The quantitative estimate of drug-likeness (QED) is 0.602. The van der Waals surface area contributed by atoms with Crippen LogP contribution in [0.25, 0.3) is 22.2 Å². The molecule has 0 radical (unpaired) electrons. The van der Waals surface area contributed by atoms with Crippen LogP contribution in [0.5, 0.6) is 0 Å². The fourth-order valence-corrected chi connectivity index (χ4v) is 5.50. The van der Waals surface area contributed by atoms with Crippen LogP contribution in [0, 0.1) is 0 Å². The van der Waals surface area contributed by atoms with Gasteiger partial charge in [0.05, 0.1) is 21.9 Å². The molecule has 1 aliphatic carbocycles. The number of aromatic amines is 1. The van der Waals surface area contributed by atoms with Crippen LogP contribution in [0.1, 0.15) is 37.7 Å². The largest absolute Gasteiger partial charge is 0.333 e. The maximum absolute atomic E-state index is 13.3. The van der Waals surface area contributed by atoms with Crippen LogP contribution in [0.4, 0.5) is 5.69 Å². The molecule has 132 valence electrons. The van der Waals surface area contributed by atoms with Crippen LogP contribution in [0.2, 0.25) is 0 Å². The Morgan fingerprint density at radius 1 is 1.15 bits per heavy atom. The van der Waals surface area contributed by atoms with Crippen LogP contribution in [-0.4, -0.2) is 22.9 Å². The molecule has 0 unspecified atom stereocenters. The number of nitrogens with one attached hydrogen (secondary N) is 1. The Morgan fingerprint density at radius 3 is 2.62 bits per heavy atom. The Balaban J connectivity index is 1.89. The summed E-state index contributed by atoms with van der Waals surface area (Å²) in [6.45, 7) is 0. The average Bonchev–Trinajstić information content (AvgIpc) is 3.11. The Bertz CT molecular complexity index is 1020. The van der Waals surface area contributed by atoms with Crippen molar-refractivity contribution in [3.05, 3.63) is 46.7 Å². The molecule has 3 heterocycles. The van der Waals surface area contributed by atoms with Gasteiger partial charge in [0.15, 0.2) is 0 Å². The van der Waals surface area contributed by atoms with E-state index in [4.69, 9.17) is 0 Å². The number of H-pyrrole nitrogens is 1. The number of amides is 1. The first-order valence-corrected chi connectivity index (χ1v) is 9.97. The molecule has 1 N–H and O–H groups in total. The SMILES string of the molecule is CN1C(=O)C2(CCCCC2)c2c1cnc1[nH]c(Br)c(-c3ccccc3)c21. The molecule has 1 amide bonds. The Morgan fingerprint density at radius 2 is 1.88 bits per heavy atom. The molecule has 4 nitrogen and oxygen atoms in total. The molecule has 2 aromatic heterocycles. The number of anilines is 1. The van der Waals surface area contributed by atoms with E-state index in [-0.39, 0.29) is 5.91 Å². The summed E-state index contributed by atoms with van der Waals surface area (Å²) in [4.78, 5) is 23.2. The highest BCUT2D eigenvalue weighted by Gasteiger charge is 2.51. The summed E-state index contributed by atoms with van der Waals surface area (Å²) < 4.78 is 0.924. The number of hydrogen-bond donors (Lipinski definition) is 1. The van der Waals surface area contributed by atoms with Gasteiger partial charge in [-0.25, -0.2) is 4.98 Å². The summed E-state index contributed by atoms with van der Waals surface area (Å²) in [6, 6.07) is 10.3. The summed E-state index contributed by atoms with van der Waals surface area (Å²) in [5, 5.41) is 1.10. The molecule has 2 aliphatic rings. The number of pyridine rings is 1. The molecule has 1 fully saturated rings. The number of carbonyl (C=O) groups is 1. The number of rotatable bonds is 1. The van der Waals surface area contributed by atoms with E-state index >= 15 is 0 Å². The number of nitrogens with zero attached hydrogens (tertiary/aromatic N) is 2. The minimum absolute atomic E-state index is 0.234. The summed E-state index contributed by atoms with van der Waals surface area (Å²) in [5.74, 6) is 0.234. The second-order valence-electron chi connectivity index (χ2n) is 7.43. The van der Waals surface area contributed by atoms with E-state index in [2.05, 4.69) is 38.0 Å². The van der Waals surface area contributed by atoms with E-state index < -0.39 is 5.41 Å². The smallest absolute Gasteiger partial charge is 0.237 e. The number of hydrogen-bond acceptors (Lipinski definition) is 2. The van der Waals surface area contributed by atoms with E-state index in [1.54, 1.807) is 0 Å². The lowest BCUT2D eigenvalue weighted by Crippen LogP contribution is -2.40. The third kappa shape index (κ3) is 2.01. The Labute approximate surface area is 160 Å². The average molecular weight is 410 g/mol. The first kappa shape index (κ1) is 16.1. The highest BCUT2D eigenvalue weighted by molar-refractivity contribution is 9.10. The number of halogens is 1. The van der Waals surface area contributed by atoms with Crippen molar-refractivity contribution in [2.24, 2.45) is 0 Å². The van der Waals surface area contributed by atoms with Gasteiger partial charge in [0.1, 0.15) is 5.65 Å². The second kappa shape index (κ2) is 5.68. The van der Waals surface area contributed by atoms with Crippen LogP contribution >= 0.6 is 15.9 Å². The molecular weight excluding hydrogens is 390 g/mol. The van der Waals surface area contributed by atoms with E-state index in [1.807, 2.05) is 36.3 Å². The van der Waals surface area contributed by atoms with Gasteiger partial charge in [-0.2, -0.15) is 0 Å². The monoisotopic (exact) mass is 409 g/mol. The summed E-state index contributed by atoms with van der Waals surface area (Å²) >= 11 is 3.70. The molecule has 3 aromatic rings. The summed E-state index contributed by atoms with van der Waals surface area (Å²) in [7, 11) is 1.89.